The number of rotatable bonds is 3. The Hall–Kier alpha value is -0.610. The van der Waals surface area contributed by atoms with E-state index in [1.165, 1.54) is 0 Å². The summed E-state index contributed by atoms with van der Waals surface area (Å²) >= 11 is 0. The third-order valence-electron chi connectivity index (χ3n) is 1.87. The van der Waals surface area contributed by atoms with Gasteiger partial charge in [-0.15, -0.1) is 0 Å². The quantitative estimate of drug-likeness (QED) is 0.528. The van der Waals surface area contributed by atoms with E-state index in [4.69, 9.17) is 15.6 Å². The first-order valence-corrected chi connectivity index (χ1v) is 3.20. The molecule has 4 nitrogen and oxygen atoms in total. The predicted molar refractivity (Wildman–Crippen MR) is 34.1 cm³/mol. The van der Waals surface area contributed by atoms with Gasteiger partial charge in [0, 0.05) is 6.61 Å². The second kappa shape index (κ2) is 2.56. The highest BCUT2D eigenvalue weighted by atomic mass is 16.5. The van der Waals surface area contributed by atoms with Gasteiger partial charge in [0.2, 0.25) is 5.91 Å². The van der Waals surface area contributed by atoms with E-state index in [9.17, 15) is 4.79 Å². The van der Waals surface area contributed by atoms with Crippen LogP contribution < -0.4 is 5.73 Å². The molecule has 3 N–H and O–H groups in total. The lowest BCUT2D eigenvalue weighted by Crippen LogP contribution is -2.52. The fraction of sp³-hybridized carbons (Fsp3) is 0.833. The molecule has 0 aromatic rings. The van der Waals surface area contributed by atoms with E-state index in [1.54, 1.807) is 0 Å². The molecule has 1 aliphatic rings. The number of nitrogens with two attached hydrogens (primary N) is 1. The number of aliphatic hydroxyl groups excluding tert-OH is 1. The standard InChI is InChI=1S/C6H11NO3/c7-5(9)6(1-2-8)3-10-4-6/h8H,1-4H2,(H2,7,9). The van der Waals surface area contributed by atoms with Gasteiger partial charge in [-0.3, -0.25) is 4.79 Å². The molecule has 10 heavy (non-hydrogen) atoms. The zero-order valence-electron chi connectivity index (χ0n) is 5.67. The summed E-state index contributed by atoms with van der Waals surface area (Å²) in [5, 5.41) is 8.55. The van der Waals surface area contributed by atoms with Crippen LogP contribution in [0.3, 0.4) is 0 Å². The first-order chi connectivity index (χ1) is 4.71. The maximum absolute atomic E-state index is 10.7. The molecular weight excluding hydrogens is 134 g/mol. The number of ether oxygens (including phenoxy) is 1. The average Bonchev–Trinajstić information content (AvgIpc) is 1.77. The van der Waals surface area contributed by atoms with Gasteiger partial charge in [-0.05, 0) is 6.42 Å². The molecule has 0 bridgehead atoms. The van der Waals surface area contributed by atoms with Crippen molar-refractivity contribution in [3.8, 4) is 0 Å². The van der Waals surface area contributed by atoms with Crippen LogP contribution in [0.2, 0.25) is 0 Å². The maximum atomic E-state index is 10.7. The van der Waals surface area contributed by atoms with Crippen molar-refractivity contribution < 1.29 is 14.6 Å². The molecule has 0 atom stereocenters. The van der Waals surface area contributed by atoms with Crippen LogP contribution in [-0.4, -0.2) is 30.8 Å². The minimum atomic E-state index is -0.561. The molecule has 58 valence electrons. The molecule has 0 unspecified atom stereocenters. The molecule has 0 spiro atoms. The summed E-state index contributed by atoms with van der Waals surface area (Å²) in [5.74, 6) is -0.368. The molecular formula is C6H11NO3. The Morgan fingerprint density at radius 3 is 2.40 bits per heavy atom. The summed E-state index contributed by atoms with van der Waals surface area (Å²) in [4.78, 5) is 10.7. The van der Waals surface area contributed by atoms with Gasteiger partial charge in [0.25, 0.3) is 0 Å². The third-order valence-corrected chi connectivity index (χ3v) is 1.87. The molecule has 0 saturated carbocycles. The minimum absolute atomic E-state index is 0.00764. The normalized spacial score (nSPS) is 21.7. The van der Waals surface area contributed by atoms with Gasteiger partial charge in [-0.25, -0.2) is 0 Å². The Morgan fingerprint density at radius 2 is 2.30 bits per heavy atom. The SMILES string of the molecule is NC(=O)C1(CCO)COC1. The molecule has 0 aromatic heterocycles. The second-order valence-corrected chi connectivity index (χ2v) is 2.61. The summed E-state index contributed by atoms with van der Waals surface area (Å²) in [6.45, 7) is 0.720. The lowest BCUT2D eigenvalue weighted by molar-refractivity contribution is -0.161. The fourth-order valence-electron chi connectivity index (χ4n) is 0.972. The first-order valence-electron chi connectivity index (χ1n) is 3.20. The number of carbonyl (C=O) groups excluding carboxylic acids is 1. The lowest BCUT2D eigenvalue weighted by Gasteiger charge is -2.37. The highest BCUT2D eigenvalue weighted by molar-refractivity contribution is 5.81. The predicted octanol–water partition coefficient (Wildman–Crippen LogP) is -1.13. The van der Waals surface area contributed by atoms with Crippen LogP contribution in [0.15, 0.2) is 0 Å². The van der Waals surface area contributed by atoms with Crippen molar-refractivity contribution >= 4 is 5.91 Å². The van der Waals surface area contributed by atoms with Crippen molar-refractivity contribution in [2.45, 2.75) is 6.42 Å². The van der Waals surface area contributed by atoms with Crippen LogP contribution in [0.5, 0.6) is 0 Å². The van der Waals surface area contributed by atoms with E-state index in [0.29, 0.717) is 19.6 Å². The third kappa shape index (κ3) is 0.998. The van der Waals surface area contributed by atoms with Crippen LogP contribution in [0, 0.1) is 5.41 Å². The van der Waals surface area contributed by atoms with Crippen LogP contribution in [-0.2, 0) is 9.53 Å². The Kier molecular flexibility index (Phi) is 1.92. The van der Waals surface area contributed by atoms with Crippen LogP contribution in [0.4, 0.5) is 0 Å². The monoisotopic (exact) mass is 145 g/mol. The summed E-state index contributed by atoms with van der Waals surface area (Å²) < 4.78 is 4.84. The van der Waals surface area contributed by atoms with Gasteiger partial charge in [0.15, 0.2) is 0 Å². The molecule has 1 amide bonds. The zero-order chi connectivity index (χ0) is 7.61. The molecule has 0 aliphatic carbocycles. The Bertz CT molecular complexity index is 142. The molecule has 4 heteroatoms. The molecule has 1 saturated heterocycles. The van der Waals surface area contributed by atoms with Crippen molar-refractivity contribution in [2.24, 2.45) is 11.1 Å². The van der Waals surface area contributed by atoms with Gasteiger partial charge in [0.05, 0.1) is 18.6 Å². The van der Waals surface area contributed by atoms with Gasteiger partial charge in [0.1, 0.15) is 0 Å². The maximum Gasteiger partial charge on any atom is 0.228 e. The second-order valence-electron chi connectivity index (χ2n) is 2.61. The van der Waals surface area contributed by atoms with Gasteiger partial charge in [-0.1, -0.05) is 0 Å². The molecule has 0 aromatic carbocycles. The molecule has 0 radical (unpaired) electrons. The smallest absolute Gasteiger partial charge is 0.228 e. The van der Waals surface area contributed by atoms with Gasteiger partial charge >= 0.3 is 0 Å². The average molecular weight is 145 g/mol. The summed E-state index contributed by atoms with van der Waals surface area (Å²) in [5.41, 5.74) is 4.53. The Labute approximate surface area is 59.0 Å². The van der Waals surface area contributed by atoms with Crippen molar-refractivity contribution in [1.82, 2.24) is 0 Å². The van der Waals surface area contributed by atoms with Crippen molar-refractivity contribution in [2.75, 3.05) is 19.8 Å². The largest absolute Gasteiger partial charge is 0.396 e. The van der Waals surface area contributed by atoms with Crippen LogP contribution in [0.25, 0.3) is 0 Å². The molecule has 1 aliphatic heterocycles. The topological polar surface area (TPSA) is 72.6 Å². The summed E-state index contributed by atoms with van der Waals surface area (Å²) in [6.07, 6.45) is 0.419. The molecule has 1 fully saturated rings. The highest BCUT2D eigenvalue weighted by Crippen LogP contribution is 2.30. The summed E-state index contributed by atoms with van der Waals surface area (Å²) in [7, 11) is 0. The zero-order valence-corrected chi connectivity index (χ0v) is 5.67. The van der Waals surface area contributed by atoms with E-state index >= 15 is 0 Å². The Morgan fingerprint density at radius 1 is 1.70 bits per heavy atom. The van der Waals surface area contributed by atoms with Crippen molar-refractivity contribution in [3.63, 3.8) is 0 Å². The number of amides is 1. The van der Waals surface area contributed by atoms with Gasteiger partial charge < -0.3 is 15.6 Å². The van der Waals surface area contributed by atoms with E-state index in [2.05, 4.69) is 0 Å². The fourth-order valence-corrected chi connectivity index (χ4v) is 0.972. The lowest BCUT2D eigenvalue weighted by atomic mass is 9.82. The highest BCUT2D eigenvalue weighted by Gasteiger charge is 2.43. The van der Waals surface area contributed by atoms with E-state index < -0.39 is 5.41 Å². The Balaban J connectivity index is 2.50. The van der Waals surface area contributed by atoms with Crippen molar-refractivity contribution in [1.29, 1.82) is 0 Å². The number of hydrogen-bond donors (Lipinski definition) is 2. The molecule has 1 rings (SSSR count). The van der Waals surface area contributed by atoms with Gasteiger partial charge in [-0.2, -0.15) is 0 Å². The first kappa shape index (κ1) is 7.50. The van der Waals surface area contributed by atoms with E-state index in [1.807, 2.05) is 0 Å². The molecule has 1 heterocycles. The van der Waals surface area contributed by atoms with E-state index in [0.717, 1.165) is 0 Å². The minimum Gasteiger partial charge on any atom is -0.396 e. The van der Waals surface area contributed by atoms with Crippen LogP contribution >= 0.6 is 0 Å². The number of primary amides is 1. The number of aliphatic hydroxyl groups is 1. The van der Waals surface area contributed by atoms with Crippen LogP contribution in [0.1, 0.15) is 6.42 Å². The summed E-state index contributed by atoms with van der Waals surface area (Å²) in [6, 6.07) is 0. The number of hydrogen-bond acceptors (Lipinski definition) is 3. The number of carbonyl (C=O) groups is 1. The van der Waals surface area contributed by atoms with E-state index in [-0.39, 0.29) is 12.5 Å². The van der Waals surface area contributed by atoms with Crippen molar-refractivity contribution in [3.05, 3.63) is 0 Å².